The maximum absolute atomic E-state index is 12.1. The van der Waals surface area contributed by atoms with E-state index in [0.717, 1.165) is 31.9 Å². The number of fused-ring (bicyclic) bond motifs is 4. The Labute approximate surface area is 136 Å². The third-order valence-electron chi connectivity index (χ3n) is 5.31. The van der Waals surface area contributed by atoms with Crippen LogP contribution < -0.4 is 15.2 Å². The molecule has 1 aromatic carbocycles. The summed E-state index contributed by atoms with van der Waals surface area (Å²) in [4.78, 5) is 13.7. The van der Waals surface area contributed by atoms with Gasteiger partial charge in [-0.3, -0.25) is 4.79 Å². The van der Waals surface area contributed by atoms with E-state index in [1.54, 1.807) is 18.1 Å². The number of nitrogens with zero attached hydrogens (tertiary/aromatic N) is 1. The molecule has 120 valence electrons. The molecule has 4 rings (SSSR count). The molecule has 1 unspecified atom stereocenters. The van der Waals surface area contributed by atoms with E-state index >= 15 is 0 Å². The highest BCUT2D eigenvalue weighted by atomic mass is 16.5. The number of pyridine rings is 1. The fourth-order valence-corrected chi connectivity index (χ4v) is 4.38. The van der Waals surface area contributed by atoms with E-state index in [1.165, 1.54) is 17.7 Å². The molecular weight excluding hydrogens is 288 g/mol. The van der Waals surface area contributed by atoms with Gasteiger partial charge in [-0.05, 0) is 24.6 Å². The summed E-state index contributed by atoms with van der Waals surface area (Å²) < 4.78 is 7.49. The maximum atomic E-state index is 12.1. The van der Waals surface area contributed by atoms with Gasteiger partial charge in [-0.25, -0.2) is 0 Å². The van der Waals surface area contributed by atoms with Crippen molar-refractivity contribution < 1.29 is 9.64 Å². The lowest BCUT2D eigenvalue weighted by Crippen LogP contribution is -3.13. The molecule has 1 saturated heterocycles. The third kappa shape index (κ3) is 2.68. The minimum Gasteiger partial charge on any atom is -0.496 e. The van der Waals surface area contributed by atoms with Crippen LogP contribution in [0.3, 0.4) is 0 Å². The van der Waals surface area contributed by atoms with Gasteiger partial charge >= 0.3 is 0 Å². The summed E-state index contributed by atoms with van der Waals surface area (Å²) in [5.41, 5.74) is 2.66. The summed E-state index contributed by atoms with van der Waals surface area (Å²) in [5, 5.41) is 0. The number of hydrogen-bond donors (Lipinski definition) is 1. The number of piperidine rings is 1. The van der Waals surface area contributed by atoms with Gasteiger partial charge < -0.3 is 14.2 Å². The molecule has 2 aliphatic rings. The predicted octanol–water partition coefficient (Wildman–Crippen LogP) is 1.06. The minimum absolute atomic E-state index is 0.158. The van der Waals surface area contributed by atoms with Gasteiger partial charge in [-0.1, -0.05) is 18.2 Å². The second-order valence-corrected chi connectivity index (χ2v) is 6.85. The molecule has 2 aliphatic heterocycles. The average molecular weight is 311 g/mol. The van der Waals surface area contributed by atoms with E-state index in [1.807, 2.05) is 22.8 Å². The molecule has 4 heteroatoms. The van der Waals surface area contributed by atoms with Crippen LogP contribution in [0.4, 0.5) is 0 Å². The van der Waals surface area contributed by atoms with Crippen molar-refractivity contribution >= 4 is 0 Å². The van der Waals surface area contributed by atoms with Crippen LogP contribution in [0.5, 0.6) is 5.75 Å². The number of benzene rings is 1. The monoisotopic (exact) mass is 311 g/mol. The maximum Gasteiger partial charge on any atom is 0.250 e. The van der Waals surface area contributed by atoms with Gasteiger partial charge in [0.1, 0.15) is 12.3 Å². The number of aromatic nitrogens is 1. The summed E-state index contributed by atoms with van der Waals surface area (Å²) in [6.45, 7) is 4.10. The van der Waals surface area contributed by atoms with Crippen LogP contribution in [0.15, 0.2) is 47.3 Å². The lowest BCUT2D eigenvalue weighted by atomic mass is 9.83. The van der Waals surface area contributed by atoms with Gasteiger partial charge in [-0.2, -0.15) is 0 Å². The fraction of sp³-hybridized carbons (Fsp3) is 0.421. The van der Waals surface area contributed by atoms with E-state index in [4.69, 9.17) is 4.74 Å². The highest BCUT2D eigenvalue weighted by molar-refractivity contribution is 5.32. The number of nitrogens with one attached hydrogen (secondary N) is 1. The normalized spacial score (nSPS) is 25.7. The van der Waals surface area contributed by atoms with Crippen LogP contribution in [0.1, 0.15) is 23.6 Å². The summed E-state index contributed by atoms with van der Waals surface area (Å²) in [5.74, 6) is 2.08. The van der Waals surface area contributed by atoms with Crippen LogP contribution in [0.25, 0.3) is 0 Å². The lowest BCUT2D eigenvalue weighted by Gasteiger charge is -2.40. The first-order chi connectivity index (χ1) is 11.2. The average Bonchev–Trinajstić information content (AvgIpc) is 2.56. The van der Waals surface area contributed by atoms with Crippen LogP contribution in [-0.4, -0.2) is 24.8 Å². The Morgan fingerprint density at radius 1 is 1.17 bits per heavy atom. The molecule has 1 N–H and O–H groups in total. The Hall–Kier alpha value is -2.07. The van der Waals surface area contributed by atoms with Crippen LogP contribution in [0.2, 0.25) is 0 Å². The summed E-state index contributed by atoms with van der Waals surface area (Å²) in [7, 11) is 1.74. The largest absolute Gasteiger partial charge is 0.496 e. The number of quaternary nitrogens is 1. The molecule has 3 heterocycles. The molecule has 0 aliphatic carbocycles. The van der Waals surface area contributed by atoms with Crippen molar-refractivity contribution in [3.63, 3.8) is 0 Å². The quantitative estimate of drug-likeness (QED) is 0.920. The van der Waals surface area contributed by atoms with E-state index in [2.05, 4.69) is 18.2 Å². The molecule has 0 radical (unpaired) electrons. The number of hydrogen-bond acceptors (Lipinski definition) is 2. The van der Waals surface area contributed by atoms with Crippen LogP contribution >= 0.6 is 0 Å². The molecule has 1 aromatic heterocycles. The topological polar surface area (TPSA) is 35.7 Å². The number of rotatable bonds is 3. The summed E-state index contributed by atoms with van der Waals surface area (Å²) in [6, 6.07) is 14.0. The molecule has 4 nitrogen and oxygen atoms in total. The van der Waals surface area contributed by atoms with Crippen molar-refractivity contribution in [2.45, 2.75) is 25.4 Å². The first kappa shape index (κ1) is 14.5. The van der Waals surface area contributed by atoms with E-state index < -0.39 is 0 Å². The van der Waals surface area contributed by atoms with E-state index in [9.17, 15) is 4.79 Å². The number of ether oxygens (including phenoxy) is 1. The van der Waals surface area contributed by atoms with Crippen molar-refractivity contribution in [2.24, 2.45) is 5.92 Å². The van der Waals surface area contributed by atoms with Crippen molar-refractivity contribution in [2.75, 3.05) is 20.2 Å². The molecule has 0 saturated carbocycles. The minimum atomic E-state index is 0.158. The van der Waals surface area contributed by atoms with Gasteiger partial charge in [0, 0.05) is 35.7 Å². The zero-order valence-corrected chi connectivity index (χ0v) is 13.5. The van der Waals surface area contributed by atoms with E-state index in [-0.39, 0.29) is 5.56 Å². The van der Waals surface area contributed by atoms with Gasteiger partial charge in [0.2, 0.25) is 0 Å². The molecule has 3 atom stereocenters. The fourth-order valence-electron chi connectivity index (χ4n) is 4.38. The van der Waals surface area contributed by atoms with Crippen molar-refractivity contribution in [3.8, 4) is 5.75 Å². The Morgan fingerprint density at radius 3 is 2.91 bits per heavy atom. The second kappa shape index (κ2) is 5.85. The molecule has 1 fully saturated rings. The molecule has 0 spiro atoms. The van der Waals surface area contributed by atoms with Gasteiger partial charge in [-0.15, -0.1) is 0 Å². The molecule has 23 heavy (non-hydrogen) atoms. The van der Waals surface area contributed by atoms with E-state index in [0.29, 0.717) is 11.8 Å². The lowest BCUT2D eigenvalue weighted by molar-refractivity contribution is -0.924. The standard InChI is InChI=1S/C19H22N2O2/c1-23-18-7-3-2-5-15(18)12-20-10-14-9-16(13-20)17-6-4-8-19(22)21(17)11-14/h2-8,14,16H,9-13H2,1H3/p+1/t14-,16+/m1/s1. The Balaban J connectivity index is 1.58. The SMILES string of the molecule is COc1ccccc1C[NH+]1C[C@H]2C[C@@H](C1)c1cccc(=O)n1C2. The van der Waals surface area contributed by atoms with Gasteiger partial charge in [0.15, 0.2) is 0 Å². The highest BCUT2D eigenvalue weighted by Crippen LogP contribution is 2.30. The van der Waals surface area contributed by atoms with Crippen LogP contribution in [-0.2, 0) is 13.1 Å². The number of methoxy groups -OCH3 is 1. The Bertz CT molecular complexity index is 768. The Kier molecular flexibility index (Phi) is 3.69. The van der Waals surface area contributed by atoms with Crippen molar-refractivity contribution in [1.29, 1.82) is 0 Å². The second-order valence-electron chi connectivity index (χ2n) is 6.85. The number of likely N-dealkylation sites (tertiary alicyclic amines) is 1. The summed E-state index contributed by atoms with van der Waals surface area (Å²) >= 11 is 0. The number of para-hydroxylation sites is 1. The summed E-state index contributed by atoms with van der Waals surface area (Å²) in [6.07, 6.45) is 1.22. The van der Waals surface area contributed by atoms with Crippen LogP contribution in [0, 0.1) is 5.92 Å². The zero-order valence-electron chi connectivity index (χ0n) is 13.5. The molecule has 2 aromatic rings. The first-order valence-corrected chi connectivity index (χ1v) is 8.40. The third-order valence-corrected chi connectivity index (χ3v) is 5.31. The molecule has 2 bridgehead atoms. The first-order valence-electron chi connectivity index (χ1n) is 8.40. The zero-order chi connectivity index (χ0) is 15.8. The highest BCUT2D eigenvalue weighted by Gasteiger charge is 2.37. The van der Waals surface area contributed by atoms with Gasteiger partial charge in [0.05, 0.1) is 20.2 Å². The molecule has 0 amide bonds. The Morgan fingerprint density at radius 2 is 2.04 bits per heavy atom. The predicted molar refractivity (Wildman–Crippen MR) is 88.9 cm³/mol. The van der Waals surface area contributed by atoms with Gasteiger partial charge in [0.25, 0.3) is 5.56 Å². The smallest absolute Gasteiger partial charge is 0.250 e. The van der Waals surface area contributed by atoms with Crippen molar-refractivity contribution in [3.05, 3.63) is 64.1 Å². The van der Waals surface area contributed by atoms with Crippen molar-refractivity contribution in [1.82, 2.24) is 4.57 Å². The molecular formula is C19H23N2O2+.